The first-order valence-electron chi connectivity index (χ1n) is 6.48. The number of amides is 1. The second-order valence-corrected chi connectivity index (χ2v) is 5.06. The molecule has 104 valence electrons. The molecule has 0 atom stereocenters. The second kappa shape index (κ2) is 7.74. The van der Waals surface area contributed by atoms with Crippen molar-refractivity contribution >= 4 is 28.9 Å². The highest BCUT2D eigenvalue weighted by atomic mass is 32.1. The van der Waals surface area contributed by atoms with Gasteiger partial charge in [-0.25, -0.2) is 0 Å². The summed E-state index contributed by atoms with van der Waals surface area (Å²) in [5, 5.41) is 3.39. The molecule has 0 heterocycles. The molecule has 0 spiro atoms. The van der Waals surface area contributed by atoms with Crippen LogP contribution < -0.4 is 16.2 Å². The van der Waals surface area contributed by atoms with E-state index >= 15 is 0 Å². The molecular formula is C14H21N3OS. The van der Waals surface area contributed by atoms with Crippen LogP contribution in [0.3, 0.4) is 0 Å². The van der Waals surface area contributed by atoms with Crippen molar-refractivity contribution in [3.05, 3.63) is 29.8 Å². The fourth-order valence-electron chi connectivity index (χ4n) is 1.53. The second-order valence-electron chi connectivity index (χ2n) is 4.65. The lowest BCUT2D eigenvalue weighted by Gasteiger charge is -2.12. The highest BCUT2D eigenvalue weighted by Crippen LogP contribution is 2.16. The van der Waals surface area contributed by atoms with Crippen molar-refractivity contribution in [2.24, 2.45) is 0 Å². The van der Waals surface area contributed by atoms with Gasteiger partial charge in [0.1, 0.15) is 0 Å². The van der Waals surface area contributed by atoms with Crippen molar-refractivity contribution < 1.29 is 4.79 Å². The van der Waals surface area contributed by atoms with Gasteiger partial charge in [0, 0.05) is 12.1 Å². The molecule has 0 unspecified atom stereocenters. The standard InChI is InChI=1S/C14H21N3OS/c1-4-5-13(18)16-17-14(19)15-12-8-6-11(7-9-12)10(2)3/h6-10H,4-5H2,1-3H3,(H,16,18)(H2,15,17,19). The quantitative estimate of drug-likeness (QED) is 0.586. The third kappa shape index (κ3) is 5.70. The van der Waals surface area contributed by atoms with Crippen LogP contribution in [0.1, 0.15) is 45.1 Å². The van der Waals surface area contributed by atoms with Crippen molar-refractivity contribution in [3.63, 3.8) is 0 Å². The number of nitrogens with one attached hydrogen (secondary N) is 3. The largest absolute Gasteiger partial charge is 0.331 e. The Bertz CT molecular complexity index is 429. The van der Waals surface area contributed by atoms with Gasteiger partial charge in [0.05, 0.1) is 0 Å². The molecule has 5 heteroatoms. The molecule has 0 radical (unpaired) electrons. The minimum atomic E-state index is -0.0678. The van der Waals surface area contributed by atoms with E-state index in [1.807, 2.05) is 19.1 Å². The SMILES string of the molecule is CCCC(=O)NNC(=S)Nc1ccc(C(C)C)cc1. The van der Waals surface area contributed by atoms with Gasteiger partial charge in [0.25, 0.3) is 0 Å². The number of hydrogen-bond acceptors (Lipinski definition) is 2. The van der Waals surface area contributed by atoms with Crippen LogP contribution in [0.5, 0.6) is 0 Å². The van der Waals surface area contributed by atoms with E-state index < -0.39 is 0 Å². The minimum Gasteiger partial charge on any atom is -0.331 e. The van der Waals surface area contributed by atoms with Gasteiger partial charge in [-0.15, -0.1) is 0 Å². The lowest BCUT2D eigenvalue weighted by atomic mass is 10.0. The van der Waals surface area contributed by atoms with Crippen molar-refractivity contribution in [2.75, 3.05) is 5.32 Å². The monoisotopic (exact) mass is 279 g/mol. The molecule has 3 N–H and O–H groups in total. The molecule has 0 aliphatic rings. The number of rotatable bonds is 4. The number of carbonyl (C=O) groups excluding carboxylic acids is 1. The summed E-state index contributed by atoms with van der Waals surface area (Å²) in [6.45, 7) is 6.25. The number of hydrazine groups is 1. The Morgan fingerprint density at radius 2 is 1.84 bits per heavy atom. The van der Waals surface area contributed by atoms with Gasteiger partial charge in [-0.2, -0.15) is 0 Å². The van der Waals surface area contributed by atoms with Gasteiger partial charge in [-0.1, -0.05) is 32.9 Å². The third-order valence-electron chi connectivity index (χ3n) is 2.63. The molecular weight excluding hydrogens is 258 g/mol. The van der Waals surface area contributed by atoms with Gasteiger partial charge in [-0.3, -0.25) is 15.6 Å². The number of benzene rings is 1. The average Bonchev–Trinajstić information content (AvgIpc) is 2.37. The summed E-state index contributed by atoms with van der Waals surface area (Å²) in [5.41, 5.74) is 7.39. The Morgan fingerprint density at radius 1 is 1.21 bits per heavy atom. The predicted octanol–water partition coefficient (Wildman–Crippen LogP) is 2.93. The summed E-state index contributed by atoms with van der Waals surface area (Å²) in [6.07, 6.45) is 1.29. The highest BCUT2D eigenvalue weighted by molar-refractivity contribution is 7.80. The molecule has 1 aromatic rings. The lowest BCUT2D eigenvalue weighted by Crippen LogP contribution is -2.43. The summed E-state index contributed by atoms with van der Waals surface area (Å²) in [5.74, 6) is 0.439. The van der Waals surface area contributed by atoms with Crippen LogP contribution in [0, 0.1) is 0 Å². The van der Waals surface area contributed by atoms with E-state index in [0.717, 1.165) is 12.1 Å². The topological polar surface area (TPSA) is 53.2 Å². The maximum atomic E-state index is 11.3. The molecule has 4 nitrogen and oxygen atoms in total. The summed E-state index contributed by atoms with van der Waals surface area (Å²) in [6, 6.07) is 8.06. The first kappa shape index (κ1) is 15.4. The lowest BCUT2D eigenvalue weighted by molar-refractivity contribution is -0.121. The molecule has 1 rings (SSSR count). The molecule has 0 aliphatic carbocycles. The Labute approximate surface area is 119 Å². The van der Waals surface area contributed by atoms with Crippen LogP contribution in [0.15, 0.2) is 24.3 Å². The van der Waals surface area contributed by atoms with E-state index in [0.29, 0.717) is 17.5 Å². The van der Waals surface area contributed by atoms with E-state index in [9.17, 15) is 4.79 Å². The van der Waals surface area contributed by atoms with Crippen LogP contribution in [-0.4, -0.2) is 11.0 Å². The molecule has 1 aromatic carbocycles. The van der Waals surface area contributed by atoms with Crippen LogP contribution in [0.25, 0.3) is 0 Å². The Morgan fingerprint density at radius 3 is 2.37 bits per heavy atom. The molecule has 0 saturated carbocycles. The van der Waals surface area contributed by atoms with Gasteiger partial charge < -0.3 is 5.32 Å². The Kier molecular flexibility index (Phi) is 6.29. The molecule has 19 heavy (non-hydrogen) atoms. The van der Waals surface area contributed by atoms with Gasteiger partial charge in [0.15, 0.2) is 5.11 Å². The minimum absolute atomic E-state index is 0.0678. The van der Waals surface area contributed by atoms with E-state index in [-0.39, 0.29) is 5.91 Å². The summed E-state index contributed by atoms with van der Waals surface area (Å²) in [4.78, 5) is 11.3. The molecule has 0 fully saturated rings. The summed E-state index contributed by atoms with van der Waals surface area (Å²) >= 11 is 5.09. The maximum absolute atomic E-state index is 11.3. The number of hydrogen-bond donors (Lipinski definition) is 3. The van der Waals surface area contributed by atoms with Crippen LogP contribution in [0.4, 0.5) is 5.69 Å². The Balaban J connectivity index is 2.42. The maximum Gasteiger partial charge on any atom is 0.238 e. The predicted molar refractivity (Wildman–Crippen MR) is 82.9 cm³/mol. The zero-order valence-corrected chi connectivity index (χ0v) is 12.4. The summed E-state index contributed by atoms with van der Waals surface area (Å²) < 4.78 is 0. The van der Waals surface area contributed by atoms with Crippen LogP contribution >= 0.6 is 12.2 Å². The van der Waals surface area contributed by atoms with Crippen molar-refractivity contribution in [3.8, 4) is 0 Å². The molecule has 1 amide bonds. The van der Waals surface area contributed by atoms with E-state index in [4.69, 9.17) is 12.2 Å². The fraction of sp³-hybridized carbons (Fsp3) is 0.429. The number of anilines is 1. The van der Waals surface area contributed by atoms with E-state index in [2.05, 4.69) is 42.1 Å². The molecule has 0 saturated heterocycles. The average molecular weight is 279 g/mol. The summed E-state index contributed by atoms with van der Waals surface area (Å²) in [7, 11) is 0. The smallest absolute Gasteiger partial charge is 0.238 e. The van der Waals surface area contributed by atoms with Crippen molar-refractivity contribution in [1.29, 1.82) is 0 Å². The Hall–Kier alpha value is -1.62. The van der Waals surface area contributed by atoms with Crippen LogP contribution in [0.2, 0.25) is 0 Å². The van der Waals surface area contributed by atoms with Gasteiger partial charge >= 0.3 is 0 Å². The van der Waals surface area contributed by atoms with Crippen molar-refractivity contribution in [1.82, 2.24) is 10.9 Å². The fourth-order valence-corrected chi connectivity index (χ4v) is 1.70. The molecule has 0 aromatic heterocycles. The molecule has 0 aliphatic heterocycles. The van der Waals surface area contributed by atoms with Gasteiger partial charge in [0.2, 0.25) is 5.91 Å². The highest BCUT2D eigenvalue weighted by Gasteiger charge is 2.02. The number of thiocarbonyl (C=S) groups is 1. The number of carbonyl (C=O) groups is 1. The molecule has 0 bridgehead atoms. The normalized spacial score (nSPS) is 10.1. The zero-order valence-electron chi connectivity index (χ0n) is 11.6. The van der Waals surface area contributed by atoms with Crippen LogP contribution in [-0.2, 0) is 4.79 Å². The first-order valence-corrected chi connectivity index (χ1v) is 6.89. The van der Waals surface area contributed by atoms with Gasteiger partial charge in [-0.05, 0) is 42.3 Å². The zero-order chi connectivity index (χ0) is 14.3. The third-order valence-corrected chi connectivity index (χ3v) is 2.83. The van der Waals surface area contributed by atoms with Crippen molar-refractivity contribution in [2.45, 2.75) is 39.5 Å². The van der Waals surface area contributed by atoms with E-state index in [1.54, 1.807) is 0 Å². The first-order chi connectivity index (χ1) is 9.02. The van der Waals surface area contributed by atoms with E-state index in [1.165, 1.54) is 5.56 Å².